The van der Waals surface area contributed by atoms with Crippen molar-refractivity contribution in [2.24, 2.45) is 0 Å². The third-order valence-electron chi connectivity index (χ3n) is 2.36. The van der Waals surface area contributed by atoms with Gasteiger partial charge in [0.05, 0.1) is 11.0 Å². The number of benzene rings is 1. The number of nitrogens with zero attached hydrogens (tertiary/aromatic N) is 2. The summed E-state index contributed by atoms with van der Waals surface area (Å²) in [5.41, 5.74) is 0.513. The van der Waals surface area contributed by atoms with Crippen molar-refractivity contribution in [2.75, 3.05) is 0 Å². The van der Waals surface area contributed by atoms with Crippen molar-refractivity contribution in [3.8, 4) is 0 Å². The molecule has 0 aliphatic heterocycles. The maximum absolute atomic E-state index is 12.5. The van der Waals surface area contributed by atoms with Gasteiger partial charge < -0.3 is 4.57 Å². The van der Waals surface area contributed by atoms with Crippen LogP contribution in [0.1, 0.15) is 17.5 Å². The largest absolute Gasteiger partial charge is 0.406 e. The maximum atomic E-state index is 12.5. The molecule has 0 fully saturated rings. The first-order valence-corrected chi connectivity index (χ1v) is 5.39. The van der Waals surface area contributed by atoms with E-state index in [0.717, 1.165) is 4.57 Å². The SMILES string of the molecule is CC(=O)c1nc2ccc(Cl)cc2n1CC(F)(F)F. The molecule has 0 saturated heterocycles. The highest BCUT2D eigenvalue weighted by molar-refractivity contribution is 6.31. The van der Waals surface area contributed by atoms with Crippen molar-refractivity contribution >= 4 is 28.4 Å². The predicted octanol–water partition coefficient (Wildman–Crippen LogP) is 3.45. The summed E-state index contributed by atoms with van der Waals surface area (Å²) >= 11 is 5.74. The van der Waals surface area contributed by atoms with Crippen molar-refractivity contribution in [1.82, 2.24) is 9.55 Å². The zero-order valence-electron chi connectivity index (χ0n) is 9.25. The highest BCUT2D eigenvalue weighted by atomic mass is 35.5. The lowest BCUT2D eigenvalue weighted by Gasteiger charge is -2.10. The molecule has 96 valence electrons. The smallest absolute Gasteiger partial charge is 0.312 e. The van der Waals surface area contributed by atoms with Gasteiger partial charge in [0, 0.05) is 11.9 Å². The first-order chi connectivity index (χ1) is 8.28. The number of hydrogen-bond acceptors (Lipinski definition) is 2. The van der Waals surface area contributed by atoms with Crippen LogP contribution in [0, 0.1) is 0 Å². The van der Waals surface area contributed by atoms with Gasteiger partial charge in [0.15, 0.2) is 11.6 Å². The summed E-state index contributed by atoms with van der Waals surface area (Å²) in [6.07, 6.45) is -4.43. The fourth-order valence-corrected chi connectivity index (χ4v) is 1.87. The van der Waals surface area contributed by atoms with Gasteiger partial charge in [-0.2, -0.15) is 13.2 Å². The first-order valence-electron chi connectivity index (χ1n) is 5.01. The molecule has 0 amide bonds. The number of halogens is 4. The van der Waals surface area contributed by atoms with Crippen LogP contribution in [0.25, 0.3) is 11.0 Å². The molecule has 0 N–H and O–H groups in total. The lowest BCUT2D eigenvalue weighted by Crippen LogP contribution is -2.20. The summed E-state index contributed by atoms with van der Waals surface area (Å²) in [6.45, 7) is -0.0888. The van der Waals surface area contributed by atoms with Crippen LogP contribution in [0.15, 0.2) is 18.2 Å². The number of alkyl halides is 3. The zero-order chi connectivity index (χ0) is 13.5. The third kappa shape index (κ3) is 2.48. The molecule has 18 heavy (non-hydrogen) atoms. The van der Waals surface area contributed by atoms with Gasteiger partial charge in [0.1, 0.15) is 6.54 Å². The Hall–Kier alpha value is -1.56. The lowest BCUT2D eigenvalue weighted by atomic mass is 10.3. The van der Waals surface area contributed by atoms with Crippen molar-refractivity contribution in [1.29, 1.82) is 0 Å². The van der Waals surface area contributed by atoms with Crippen LogP contribution >= 0.6 is 11.6 Å². The van der Waals surface area contributed by atoms with Crippen molar-refractivity contribution in [2.45, 2.75) is 19.6 Å². The van der Waals surface area contributed by atoms with Gasteiger partial charge in [-0.05, 0) is 18.2 Å². The molecule has 1 heterocycles. The summed E-state index contributed by atoms with van der Waals surface area (Å²) in [7, 11) is 0. The molecule has 0 spiro atoms. The van der Waals surface area contributed by atoms with E-state index in [-0.39, 0.29) is 11.3 Å². The van der Waals surface area contributed by atoms with Crippen molar-refractivity contribution < 1.29 is 18.0 Å². The van der Waals surface area contributed by atoms with Gasteiger partial charge in [-0.1, -0.05) is 11.6 Å². The first kappa shape index (κ1) is 12.9. The minimum Gasteiger partial charge on any atom is -0.312 e. The second-order valence-corrected chi connectivity index (χ2v) is 4.26. The monoisotopic (exact) mass is 276 g/mol. The molecule has 7 heteroatoms. The van der Waals surface area contributed by atoms with Crippen molar-refractivity contribution in [3.63, 3.8) is 0 Å². The highest BCUT2D eigenvalue weighted by Gasteiger charge is 2.31. The lowest BCUT2D eigenvalue weighted by molar-refractivity contribution is -0.140. The Labute approximate surface area is 105 Å². The normalized spacial score (nSPS) is 12.1. The molecule has 1 aromatic carbocycles. The van der Waals surface area contributed by atoms with Crippen LogP contribution in [0.2, 0.25) is 5.02 Å². The molecule has 0 radical (unpaired) electrons. The Morgan fingerprint density at radius 3 is 2.67 bits per heavy atom. The average Bonchev–Trinajstić information content (AvgIpc) is 2.55. The number of hydrogen-bond donors (Lipinski definition) is 0. The van der Waals surface area contributed by atoms with Gasteiger partial charge in [0.25, 0.3) is 0 Å². The zero-order valence-corrected chi connectivity index (χ0v) is 10.0. The second kappa shape index (κ2) is 4.28. The number of rotatable bonds is 2. The predicted molar refractivity (Wildman–Crippen MR) is 60.8 cm³/mol. The Kier molecular flexibility index (Phi) is 3.06. The number of aromatic nitrogens is 2. The second-order valence-electron chi connectivity index (χ2n) is 3.83. The summed E-state index contributed by atoms with van der Waals surface area (Å²) in [6, 6.07) is 4.36. The summed E-state index contributed by atoms with van der Waals surface area (Å²) in [5, 5.41) is 0.293. The van der Waals surface area contributed by atoms with Crippen LogP contribution in [0.4, 0.5) is 13.2 Å². The molecule has 3 nitrogen and oxygen atoms in total. The van der Waals surface area contributed by atoms with Gasteiger partial charge >= 0.3 is 6.18 Å². The fraction of sp³-hybridized carbons (Fsp3) is 0.273. The van der Waals surface area contributed by atoms with E-state index >= 15 is 0 Å². The number of fused-ring (bicyclic) bond motifs is 1. The Morgan fingerprint density at radius 2 is 2.11 bits per heavy atom. The van der Waals surface area contributed by atoms with E-state index in [9.17, 15) is 18.0 Å². The van der Waals surface area contributed by atoms with Crippen LogP contribution in [0.3, 0.4) is 0 Å². The van der Waals surface area contributed by atoms with Gasteiger partial charge in [-0.25, -0.2) is 4.98 Å². The molecule has 2 aromatic rings. The van der Waals surface area contributed by atoms with Gasteiger partial charge in [-0.3, -0.25) is 4.79 Å². The molecule has 0 aliphatic carbocycles. The molecule has 0 unspecified atom stereocenters. The molecule has 0 aliphatic rings. The van der Waals surface area contributed by atoms with Crippen LogP contribution in [-0.4, -0.2) is 21.5 Å². The van der Waals surface area contributed by atoms with E-state index in [0.29, 0.717) is 10.5 Å². The van der Waals surface area contributed by atoms with Crippen LogP contribution in [0.5, 0.6) is 0 Å². The quantitative estimate of drug-likeness (QED) is 0.788. The molecule has 0 bridgehead atoms. The highest BCUT2D eigenvalue weighted by Crippen LogP contribution is 2.25. The standard InChI is InChI=1S/C11H8ClF3N2O/c1-6(18)10-16-8-3-2-7(12)4-9(8)17(10)5-11(13,14)15/h2-4H,5H2,1H3. The van der Waals surface area contributed by atoms with E-state index in [1.165, 1.54) is 25.1 Å². The molecule has 0 saturated carbocycles. The maximum Gasteiger partial charge on any atom is 0.406 e. The number of Topliss-reactive ketones (excluding diaryl/α,β-unsaturated/α-hetero) is 1. The molecular formula is C11H8ClF3N2O. The Balaban J connectivity index is 2.68. The summed E-state index contributed by atoms with van der Waals surface area (Å²) in [5.74, 6) is -0.740. The Morgan fingerprint density at radius 1 is 1.44 bits per heavy atom. The molecule has 2 rings (SSSR count). The number of carbonyl (C=O) groups is 1. The topological polar surface area (TPSA) is 34.9 Å². The van der Waals surface area contributed by atoms with E-state index < -0.39 is 18.5 Å². The number of ketones is 1. The minimum absolute atomic E-state index is 0.199. The Bertz CT molecular complexity index is 619. The summed E-state index contributed by atoms with van der Waals surface area (Å²) < 4.78 is 38.3. The fourth-order valence-electron chi connectivity index (χ4n) is 1.70. The van der Waals surface area contributed by atoms with E-state index in [1.54, 1.807) is 0 Å². The van der Waals surface area contributed by atoms with E-state index in [4.69, 9.17) is 11.6 Å². The number of carbonyl (C=O) groups excluding carboxylic acids is 1. The molecule has 1 aromatic heterocycles. The average molecular weight is 277 g/mol. The summed E-state index contributed by atoms with van der Waals surface area (Å²) in [4.78, 5) is 15.2. The van der Waals surface area contributed by atoms with Gasteiger partial charge in [-0.15, -0.1) is 0 Å². The minimum atomic E-state index is -4.43. The number of imidazole rings is 1. The van der Waals surface area contributed by atoms with E-state index in [2.05, 4.69) is 4.98 Å². The third-order valence-corrected chi connectivity index (χ3v) is 2.60. The van der Waals surface area contributed by atoms with Gasteiger partial charge in [0.2, 0.25) is 0 Å². The molecular weight excluding hydrogens is 269 g/mol. The van der Waals surface area contributed by atoms with Crippen LogP contribution < -0.4 is 0 Å². The molecule has 0 atom stereocenters. The van der Waals surface area contributed by atoms with Crippen LogP contribution in [-0.2, 0) is 6.54 Å². The van der Waals surface area contributed by atoms with Crippen molar-refractivity contribution in [3.05, 3.63) is 29.0 Å². The van der Waals surface area contributed by atoms with E-state index in [1.807, 2.05) is 0 Å².